The van der Waals surface area contributed by atoms with Gasteiger partial charge in [-0.25, -0.2) is 0 Å². The number of esters is 2. The molecule has 0 saturated carbocycles. The first-order valence-electron chi connectivity index (χ1n) is 11.7. The fraction of sp³-hybridized carbons (Fsp3) is 0.440. The number of aromatic nitrogens is 2. The molecule has 0 radical (unpaired) electrons. The standard InChI is InChI=1S/C25H32N4O6.2ClH/c30-22(34-16-14-28-24(32)20-8-6-12-26-18-20)10-4-2-1-3-5-11-23(31)35-17-15-29-25(33)21-9-7-13-27-19-21;;/h6-9,12-13,18-19H,1-5,10-11,14-17H2,(H,28,32)(H,29,33);2*1H. The zero-order chi connectivity index (χ0) is 25.1. The zero-order valence-corrected chi connectivity index (χ0v) is 22.2. The fourth-order valence-corrected chi connectivity index (χ4v) is 3.07. The molecule has 0 aliphatic carbocycles. The molecule has 2 amide bonds. The van der Waals surface area contributed by atoms with Crippen LogP contribution in [-0.4, -0.2) is 60.0 Å². The van der Waals surface area contributed by atoms with Gasteiger partial charge >= 0.3 is 11.9 Å². The lowest BCUT2D eigenvalue weighted by molar-refractivity contribution is -0.144. The Morgan fingerprint density at radius 2 is 1.05 bits per heavy atom. The SMILES string of the molecule is Cl.Cl.O=C(CCCCCCCC(=O)OCCNC(=O)c1cccnc1)OCCNC(=O)c1cccnc1. The molecular formula is C25H34Cl2N4O6. The minimum absolute atomic E-state index is 0. The highest BCUT2D eigenvalue weighted by atomic mass is 35.5. The van der Waals surface area contributed by atoms with Gasteiger partial charge in [-0.2, -0.15) is 0 Å². The number of pyridine rings is 2. The second-order valence-electron chi connectivity index (χ2n) is 7.70. The van der Waals surface area contributed by atoms with Crippen molar-refractivity contribution >= 4 is 48.6 Å². The van der Waals surface area contributed by atoms with Crippen molar-refractivity contribution in [3.05, 3.63) is 60.2 Å². The van der Waals surface area contributed by atoms with Crippen molar-refractivity contribution in [2.75, 3.05) is 26.3 Å². The molecule has 0 spiro atoms. The van der Waals surface area contributed by atoms with Crippen LogP contribution < -0.4 is 10.6 Å². The van der Waals surface area contributed by atoms with Crippen LogP contribution in [0.25, 0.3) is 0 Å². The van der Waals surface area contributed by atoms with Gasteiger partial charge in [0.1, 0.15) is 13.2 Å². The van der Waals surface area contributed by atoms with Crippen molar-refractivity contribution in [3.8, 4) is 0 Å². The molecule has 2 N–H and O–H groups in total. The lowest BCUT2D eigenvalue weighted by Gasteiger charge is -2.07. The van der Waals surface area contributed by atoms with E-state index in [1.165, 1.54) is 12.4 Å². The van der Waals surface area contributed by atoms with E-state index in [0.717, 1.165) is 19.3 Å². The van der Waals surface area contributed by atoms with Gasteiger partial charge < -0.3 is 20.1 Å². The summed E-state index contributed by atoms with van der Waals surface area (Å²) in [6.07, 6.45) is 10.8. The first-order chi connectivity index (χ1) is 17.1. The van der Waals surface area contributed by atoms with Crippen LogP contribution >= 0.6 is 24.8 Å². The first kappa shape index (κ1) is 33.8. The molecule has 2 aromatic heterocycles. The Kier molecular flexibility index (Phi) is 19.1. The van der Waals surface area contributed by atoms with Crippen molar-refractivity contribution in [1.29, 1.82) is 0 Å². The van der Waals surface area contributed by atoms with Gasteiger partial charge in [0.25, 0.3) is 11.8 Å². The van der Waals surface area contributed by atoms with Gasteiger partial charge in [-0.1, -0.05) is 19.3 Å². The first-order valence-corrected chi connectivity index (χ1v) is 11.7. The maximum atomic E-state index is 11.8. The number of nitrogens with zero attached hydrogens (tertiary/aromatic N) is 2. The Labute approximate surface area is 229 Å². The summed E-state index contributed by atoms with van der Waals surface area (Å²) in [6, 6.07) is 6.67. The number of unbranched alkanes of at least 4 members (excludes halogenated alkanes) is 4. The zero-order valence-electron chi connectivity index (χ0n) is 20.6. The Hall–Kier alpha value is -3.24. The van der Waals surface area contributed by atoms with Crippen LogP contribution in [0.15, 0.2) is 49.1 Å². The number of hydrogen-bond donors (Lipinski definition) is 2. The average molecular weight is 557 g/mol. The van der Waals surface area contributed by atoms with Crippen molar-refractivity contribution < 1.29 is 28.7 Å². The summed E-state index contributed by atoms with van der Waals surface area (Å²) >= 11 is 0. The van der Waals surface area contributed by atoms with Crippen LogP contribution in [0.4, 0.5) is 0 Å². The van der Waals surface area contributed by atoms with Crippen molar-refractivity contribution in [1.82, 2.24) is 20.6 Å². The van der Waals surface area contributed by atoms with Gasteiger partial charge in [-0.05, 0) is 37.1 Å². The largest absolute Gasteiger partial charge is 0.464 e. The molecule has 37 heavy (non-hydrogen) atoms. The van der Waals surface area contributed by atoms with E-state index in [4.69, 9.17) is 9.47 Å². The van der Waals surface area contributed by atoms with E-state index in [9.17, 15) is 19.2 Å². The van der Waals surface area contributed by atoms with E-state index in [-0.39, 0.29) is 74.9 Å². The van der Waals surface area contributed by atoms with Gasteiger partial charge in [0.2, 0.25) is 0 Å². The molecule has 0 fully saturated rings. The summed E-state index contributed by atoms with van der Waals surface area (Å²) in [5.41, 5.74) is 0.912. The van der Waals surface area contributed by atoms with Gasteiger partial charge in [0.15, 0.2) is 0 Å². The van der Waals surface area contributed by atoms with Crippen LogP contribution in [0.5, 0.6) is 0 Å². The number of hydrogen-bond acceptors (Lipinski definition) is 8. The minimum atomic E-state index is -0.292. The van der Waals surface area contributed by atoms with Crippen LogP contribution in [0.2, 0.25) is 0 Å². The molecule has 2 aromatic rings. The van der Waals surface area contributed by atoms with Crippen LogP contribution in [0, 0.1) is 0 Å². The number of nitrogens with one attached hydrogen (secondary N) is 2. The lowest BCUT2D eigenvalue weighted by Crippen LogP contribution is -2.28. The topological polar surface area (TPSA) is 137 Å². The van der Waals surface area contributed by atoms with Crippen molar-refractivity contribution in [3.63, 3.8) is 0 Å². The Bertz CT molecular complexity index is 860. The summed E-state index contributed by atoms with van der Waals surface area (Å²) in [4.78, 5) is 54.9. The highest BCUT2D eigenvalue weighted by Gasteiger charge is 2.08. The number of carbonyl (C=O) groups excluding carboxylic acids is 4. The maximum Gasteiger partial charge on any atom is 0.305 e. The van der Waals surface area contributed by atoms with Gasteiger partial charge in [-0.15, -0.1) is 24.8 Å². The molecule has 0 saturated heterocycles. The highest BCUT2D eigenvalue weighted by Crippen LogP contribution is 2.08. The summed E-state index contributed by atoms with van der Waals surface area (Å²) in [7, 11) is 0. The van der Waals surface area contributed by atoms with Gasteiger partial charge in [0.05, 0.1) is 24.2 Å². The van der Waals surface area contributed by atoms with E-state index < -0.39 is 0 Å². The van der Waals surface area contributed by atoms with E-state index in [2.05, 4.69) is 20.6 Å². The average Bonchev–Trinajstić information content (AvgIpc) is 2.89. The fourth-order valence-electron chi connectivity index (χ4n) is 3.07. The molecule has 2 rings (SSSR count). The third kappa shape index (κ3) is 15.5. The third-order valence-electron chi connectivity index (χ3n) is 4.91. The smallest absolute Gasteiger partial charge is 0.305 e. The molecule has 0 bridgehead atoms. The Balaban J connectivity index is 0.00000648. The normalized spacial score (nSPS) is 9.73. The summed E-state index contributed by atoms with van der Waals surface area (Å²) in [6.45, 7) is 0.735. The van der Waals surface area contributed by atoms with Gasteiger partial charge in [-0.3, -0.25) is 29.1 Å². The number of halogens is 2. The van der Waals surface area contributed by atoms with Crippen molar-refractivity contribution in [2.24, 2.45) is 0 Å². The van der Waals surface area contributed by atoms with Gasteiger partial charge in [0, 0.05) is 37.6 Å². The van der Waals surface area contributed by atoms with Crippen LogP contribution in [-0.2, 0) is 19.1 Å². The molecule has 0 aromatic carbocycles. The molecule has 2 heterocycles. The summed E-state index contributed by atoms with van der Waals surface area (Å²) < 4.78 is 10.2. The number of carbonyl (C=O) groups is 4. The Morgan fingerprint density at radius 1 is 0.649 bits per heavy atom. The van der Waals surface area contributed by atoms with E-state index >= 15 is 0 Å². The summed E-state index contributed by atoms with van der Waals surface area (Å²) in [5, 5.41) is 5.33. The Morgan fingerprint density at radius 3 is 1.43 bits per heavy atom. The summed E-state index contributed by atoms with van der Waals surface area (Å²) in [5.74, 6) is -1.10. The predicted molar refractivity (Wildman–Crippen MR) is 142 cm³/mol. The lowest BCUT2D eigenvalue weighted by atomic mass is 10.1. The highest BCUT2D eigenvalue weighted by molar-refractivity contribution is 5.94. The quantitative estimate of drug-likeness (QED) is 0.237. The molecule has 0 unspecified atom stereocenters. The molecule has 10 nitrogen and oxygen atoms in total. The van der Waals surface area contributed by atoms with Crippen LogP contribution in [0.1, 0.15) is 65.7 Å². The van der Waals surface area contributed by atoms with Crippen molar-refractivity contribution in [2.45, 2.75) is 44.9 Å². The second-order valence-corrected chi connectivity index (χ2v) is 7.70. The second kappa shape index (κ2) is 20.9. The van der Waals surface area contributed by atoms with E-state index in [1.807, 2.05) is 0 Å². The van der Waals surface area contributed by atoms with Crippen LogP contribution in [0.3, 0.4) is 0 Å². The molecule has 12 heteroatoms. The monoisotopic (exact) mass is 556 g/mol. The molecule has 0 aliphatic rings. The molecule has 0 aliphatic heterocycles. The number of ether oxygens (including phenoxy) is 2. The van der Waals surface area contributed by atoms with E-state index in [1.54, 1.807) is 36.7 Å². The minimum Gasteiger partial charge on any atom is -0.464 e. The molecule has 204 valence electrons. The van der Waals surface area contributed by atoms with E-state index in [0.29, 0.717) is 36.8 Å². The predicted octanol–water partition coefficient (Wildman–Crippen LogP) is 3.30. The maximum absolute atomic E-state index is 11.8. The number of amides is 2. The molecule has 0 atom stereocenters. The molecular weight excluding hydrogens is 523 g/mol. The number of rotatable bonds is 16. The third-order valence-corrected chi connectivity index (χ3v) is 4.91.